The highest BCUT2D eigenvalue weighted by Crippen LogP contribution is 2.40. The molecule has 28 heavy (non-hydrogen) atoms. The van der Waals surface area contributed by atoms with Crippen LogP contribution in [0.1, 0.15) is 56.1 Å². The number of fused-ring (bicyclic) bond motifs is 1. The fourth-order valence-corrected chi connectivity index (χ4v) is 3.93. The number of benzene rings is 2. The Kier molecular flexibility index (Phi) is 5.27. The molecule has 5 nitrogen and oxygen atoms in total. The Morgan fingerprint density at radius 2 is 1.86 bits per heavy atom. The number of phenolic OH excluding ortho intramolecular Hbond substituents is 1. The number of carbonyl (C=O) groups excluding carboxylic acids is 1. The quantitative estimate of drug-likeness (QED) is 0.606. The Labute approximate surface area is 166 Å². The van der Waals surface area contributed by atoms with Crippen LogP contribution in [0.15, 0.2) is 53.6 Å². The van der Waals surface area contributed by atoms with Crippen molar-refractivity contribution >= 4 is 23.4 Å². The number of hydrogen-bond donors (Lipinski definition) is 2. The summed E-state index contributed by atoms with van der Waals surface area (Å²) < 4.78 is 0. The third kappa shape index (κ3) is 3.93. The van der Waals surface area contributed by atoms with Gasteiger partial charge in [0.2, 0.25) is 0 Å². The Bertz CT molecular complexity index is 941. The molecule has 1 heterocycles. The number of carbonyl (C=O) groups is 1. The second-order valence-corrected chi connectivity index (χ2v) is 7.97. The van der Waals surface area contributed by atoms with Gasteiger partial charge in [0.25, 0.3) is 5.91 Å². The van der Waals surface area contributed by atoms with E-state index in [9.17, 15) is 9.90 Å². The monoisotopic (exact) mass is 377 g/mol. The Balaban J connectivity index is 1.80. The summed E-state index contributed by atoms with van der Waals surface area (Å²) in [7, 11) is 0. The molecule has 2 N–H and O–H groups in total. The maximum absolute atomic E-state index is 12.1. The summed E-state index contributed by atoms with van der Waals surface area (Å²) >= 11 is 0. The molecular weight excluding hydrogens is 350 g/mol. The summed E-state index contributed by atoms with van der Waals surface area (Å²) in [5.41, 5.74) is 7.47. The number of nitrogens with zero attached hydrogens (tertiary/aromatic N) is 2. The zero-order valence-electron chi connectivity index (χ0n) is 17.0. The van der Waals surface area contributed by atoms with Crippen LogP contribution in [0.5, 0.6) is 5.75 Å². The van der Waals surface area contributed by atoms with Crippen LogP contribution >= 0.6 is 0 Å². The van der Waals surface area contributed by atoms with Gasteiger partial charge in [-0.25, -0.2) is 5.43 Å². The smallest absolute Gasteiger partial charge is 0.271 e. The van der Waals surface area contributed by atoms with Crippen molar-refractivity contribution in [2.45, 2.75) is 46.2 Å². The lowest BCUT2D eigenvalue weighted by atomic mass is 9.87. The van der Waals surface area contributed by atoms with E-state index < -0.39 is 0 Å². The lowest BCUT2D eigenvalue weighted by Crippen LogP contribution is -2.49. The molecule has 3 rings (SSSR count). The molecule has 0 atom stereocenters. The Morgan fingerprint density at radius 1 is 1.18 bits per heavy atom. The predicted molar refractivity (Wildman–Crippen MR) is 115 cm³/mol. The van der Waals surface area contributed by atoms with Gasteiger partial charge >= 0.3 is 0 Å². The van der Waals surface area contributed by atoms with Gasteiger partial charge in [-0.05, 0) is 82.2 Å². The van der Waals surface area contributed by atoms with E-state index in [1.165, 1.54) is 29.0 Å². The molecule has 1 aliphatic heterocycles. The minimum absolute atomic E-state index is 0.0427. The van der Waals surface area contributed by atoms with Crippen molar-refractivity contribution in [2.75, 3.05) is 4.90 Å². The maximum Gasteiger partial charge on any atom is 0.271 e. The lowest BCUT2D eigenvalue weighted by Gasteiger charge is -2.46. The average molecular weight is 377 g/mol. The van der Waals surface area contributed by atoms with E-state index in [2.05, 4.69) is 68.3 Å². The van der Waals surface area contributed by atoms with Gasteiger partial charge in [-0.2, -0.15) is 5.10 Å². The molecule has 5 heteroatoms. The van der Waals surface area contributed by atoms with Crippen molar-refractivity contribution < 1.29 is 9.90 Å². The van der Waals surface area contributed by atoms with E-state index in [0.717, 1.165) is 5.56 Å². The number of aromatic hydroxyl groups is 1. The minimum Gasteiger partial charge on any atom is -0.508 e. The number of amides is 1. The minimum atomic E-state index is -0.321. The van der Waals surface area contributed by atoms with Crippen LogP contribution in [0.2, 0.25) is 0 Å². The molecule has 0 bridgehead atoms. The van der Waals surface area contributed by atoms with E-state index in [-0.39, 0.29) is 17.2 Å². The van der Waals surface area contributed by atoms with Crippen LogP contribution in [-0.4, -0.2) is 28.8 Å². The Hall–Kier alpha value is -3.08. The van der Waals surface area contributed by atoms with Gasteiger partial charge in [0.15, 0.2) is 0 Å². The van der Waals surface area contributed by atoms with Crippen molar-refractivity contribution in [3.05, 3.63) is 65.2 Å². The molecular formula is C23H27N3O2. The van der Waals surface area contributed by atoms with E-state index in [4.69, 9.17) is 0 Å². The summed E-state index contributed by atoms with van der Waals surface area (Å²) in [5, 5.41) is 13.4. The molecule has 0 saturated carbocycles. The lowest BCUT2D eigenvalue weighted by molar-refractivity contribution is 0.0955. The number of rotatable bonds is 4. The summed E-state index contributed by atoms with van der Waals surface area (Å²) in [6.45, 7) is 11.0. The van der Waals surface area contributed by atoms with Crippen molar-refractivity contribution in [1.82, 2.24) is 5.43 Å². The van der Waals surface area contributed by atoms with Gasteiger partial charge in [0.05, 0.1) is 11.8 Å². The molecule has 0 saturated heterocycles. The fourth-order valence-electron chi connectivity index (χ4n) is 3.93. The van der Waals surface area contributed by atoms with E-state index in [0.29, 0.717) is 11.6 Å². The number of hydrogen-bond acceptors (Lipinski definition) is 4. The third-order valence-corrected chi connectivity index (χ3v) is 4.92. The first kappa shape index (κ1) is 19.7. The maximum atomic E-state index is 12.1. The molecule has 0 radical (unpaired) electrons. The summed E-state index contributed by atoms with van der Waals surface area (Å²) in [6, 6.07) is 12.7. The van der Waals surface area contributed by atoms with Crippen LogP contribution in [-0.2, 0) is 0 Å². The highest BCUT2D eigenvalue weighted by Gasteiger charge is 2.32. The zero-order chi connectivity index (χ0) is 20.5. The first-order valence-corrected chi connectivity index (χ1v) is 9.45. The van der Waals surface area contributed by atoms with Gasteiger partial charge in [-0.15, -0.1) is 0 Å². The number of phenols is 1. The van der Waals surface area contributed by atoms with E-state index in [1.807, 2.05) is 6.07 Å². The van der Waals surface area contributed by atoms with Crippen molar-refractivity contribution in [3.63, 3.8) is 0 Å². The van der Waals surface area contributed by atoms with Crippen LogP contribution < -0.4 is 10.3 Å². The standard InChI is InChI=1S/C23H27N3O2/c1-15(2)26-21-11-6-17(12-20(21)16(3)13-23(26,4)5)14-24-25-22(28)18-7-9-19(27)10-8-18/h6-15,27H,1-5H3,(H,25,28)/b24-14-. The van der Waals surface area contributed by atoms with Gasteiger partial charge in [0.1, 0.15) is 5.75 Å². The zero-order valence-corrected chi connectivity index (χ0v) is 17.0. The second-order valence-electron chi connectivity index (χ2n) is 7.97. The van der Waals surface area contributed by atoms with Crippen molar-refractivity contribution in [2.24, 2.45) is 5.10 Å². The van der Waals surface area contributed by atoms with Crippen molar-refractivity contribution in [1.29, 1.82) is 0 Å². The van der Waals surface area contributed by atoms with E-state index >= 15 is 0 Å². The third-order valence-electron chi connectivity index (χ3n) is 4.92. The topological polar surface area (TPSA) is 64.9 Å². The van der Waals surface area contributed by atoms with Gasteiger partial charge < -0.3 is 10.0 Å². The molecule has 1 amide bonds. The molecule has 0 aromatic heterocycles. The highest BCUT2D eigenvalue weighted by molar-refractivity contribution is 5.95. The molecule has 0 unspecified atom stereocenters. The SMILES string of the molecule is CC1=CC(C)(C)N(C(C)C)c2ccc(/C=N\NC(=O)c3ccc(O)cc3)cc21. The van der Waals surface area contributed by atoms with Crippen LogP contribution in [0.3, 0.4) is 0 Å². The first-order valence-electron chi connectivity index (χ1n) is 9.45. The fraction of sp³-hybridized carbons (Fsp3) is 0.304. The average Bonchev–Trinajstić information content (AvgIpc) is 2.61. The van der Waals surface area contributed by atoms with Crippen LogP contribution in [0, 0.1) is 0 Å². The summed E-state index contributed by atoms with van der Waals surface area (Å²) in [5.74, 6) is -0.200. The van der Waals surface area contributed by atoms with Crippen molar-refractivity contribution in [3.8, 4) is 5.75 Å². The van der Waals surface area contributed by atoms with Gasteiger partial charge in [0, 0.05) is 22.9 Å². The number of nitrogens with one attached hydrogen (secondary N) is 1. The molecule has 0 aliphatic carbocycles. The largest absolute Gasteiger partial charge is 0.508 e. The molecule has 2 aromatic rings. The first-order chi connectivity index (χ1) is 13.2. The van der Waals surface area contributed by atoms with Gasteiger partial charge in [-0.3, -0.25) is 4.79 Å². The number of allylic oxidation sites excluding steroid dienone is 1. The second kappa shape index (κ2) is 7.50. The highest BCUT2D eigenvalue weighted by atomic mass is 16.3. The molecule has 2 aromatic carbocycles. The summed E-state index contributed by atoms with van der Waals surface area (Å²) in [4.78, 5) is 14.5. The summed E-state index contributed by atoms with van der Waals surface area (Å²) in [6.07, 6.45) is 3.94. The Morgan fingerprint density at radius 3 is 2.50 bits per heavy atom. The molecule has 1 aliphatic rings. The number of anilines is 1. The van der Waals surface area contributed by atoms with Crippen LogP contribution in [0.4, 0.5) is 5.69 Å². The normalized spacial score (nSPS) is 15.5. The molecule has 146 valence electrons. The molecule has 0 fully saturated rings. The predicted octanol–water partition coefficient (Wildman–Crippen LogP) is 4.57. The van der Waals surface area contributed by atoms with Crippen LogP contribution in [0.25, 0.3) is 5.57 Å². The van der Waals surface area contributed by atoms with E-state index in [1.54, 1.807) is 18.3 Å². The molecule has 0 spiro atoms. The van der Waals surface area contributed by atoms with Gasteiger partial charge in [-0.1, -0.05) is 12.1 Å². The number of hydrazone groups is 1.